The summed E-state index contributed by atoms with van der Waals surface area (Å²) >= 11 is 0. The number of hydrogen-bond acceptors (Lipinski definition) is 8. The number of amides is 1. The van der Waals surface area contributed by atoms with Gasteiger partial charge >= 0.3 is 5.97 Å². The molecule has 12 nitrogen and oxygen atoms in total. The highest BCUT2D eigenvalue weighted by atomic mass is 16.4. The Labute approximate surface area is 213 Å². The van der Waals surface area contributed by atoms with E-state index >= 15 is 0 Å². The molecule has 0 aliphatic carbocycles. The fourth-order valence-electron chi connectivity index (χ4n) is 4.52. The molecule has 4 rings (SSSR count). The Bertz CT molecular complexity index is 1320. The van der Waals surface area contributed by atoms with Crippen molar-refractivity contribution in [2.45, 2.75) is 52.1 Å². The largest absolute Gasteiger partial charge is 0.479 e. The Morgan fingerprint density at radius 1 is 0.973 bits per heavy atom. The Hall–Kier alpha value is -4.48. The van der Waals surface area contributed by atoms with Crippen LogP contribution < -0.4 is 0 Å². The Morgan fingerprint density at radius 2 is 1.65 bits per heavy atom. The van der Waals surface area contributed by atoms with Crippen LogP contribution in [0, 0.1) is 5.92 Å². The number of hydrogen-bond donors (Lipinski definition) is 3. The van der Waals surface area contributed by atoms with Crippen LogP contribution >= 0.6 is 0 Å². The van der Waals surface area contributed by atoms with Gasteiger partial charge in [0.25, 0.3) is 0 Å². The SMILES string of the molecule is CCCCC(=O)N(Cc1ccc(-c2ccccc2-c2nn[nH]n2)cc1)[C@](C(=O)O)(c1nn[nH]n1)C(C)C. The minimum absolute atomic E-state index is 0.0505. The smallest absolute Gasteiger partial charge is 0.338 e. The average molecular weight is 504 g/mol. The van der Waals surface area contributed by atoms with Crippen molar-refractivity contribution >= 4 is 11.9 Å². The number of aliphatic carboxylic acids is 1. The number of carbonyl (C=O) groups is 2. The van der Waals surface area contributed by atoms with Crippen molar-refractivity contribution in [3.05, 3.63) is 59.9 Å². The first-order valence-corrected chi connectivity index (χ1v) is 12.1. The zero-order valence-electron chi connectivity index (χ0n) is 20.9. The molecule has 1 atom stereocenters. The summed E-state index contributed by atoms with van der Waals surface area (Å²) in [6.45, 7) is 5.52. The third-order valence-electron chi connectivity index (χ3n) is 6.44. The predicted molar refractivity (Wildman–Crippen MR) is 133 cm³/mol. The highest BCUT2D eigenvalue weighted by Crippen LogP contribution is 2.37. The van der Waals surface area contributed by atoms with E-state index in [1.54, 1.807) is 13.8 Å². The zero-order chi connectivity index (χ0) is 26.4. The first-order chi connectivity index (χ1) is 17.9. The van der Waals surface area contributed by atoms with Gasteiger partial charge in [-0.05, 0) is 34.2 Å². The first kappa shape index (κ1) is 25.6. The quantitative estimate of drug-likeness (QED) is 0.278. The molecule has 0 aliphatic heterocycles. The predicted octanol–water partition coefficient (Wildman–Crippen LogP) is 3.20. The van der Waals surface area contributed by atoms with Crippen LogP contribution in [-0.2, 0) is 21.7 Å². The highest BCUT2D eigenvalue weighted by Gasteiger charge is 2.54. The van der Waals surface area contributed by atoms with Crippen LogP contribution in [0.3, 0.4) is 0 Å². The molecule has 0 aliphatic rings. The lowest BCUT2D eigenvalue weighted by Crippen LogP contribution is -2.58. The fraction of sp³-hybridized carbons (Fsp3) is 0.360. The van der Waals surface area contributed by atoms with Crippen LogP contribution in [0.5, 0.6) is 0 Å². The van der Waals surface area contributed by atoms with Crippen molar-refractivity contribution in [3.8, 4) is 22.5 Å². The molecule has 0 radical (unpaired) electrons. The van der Waals surface area contributed by atoms with E-state index in [9.17, 15) is 14.7 Å². The number of nitrogens with zero attached hydrogens (tertiary/aromatic N) is 7. The highest BCUT2D eigenvalue weighted by molar-refractivity contribution is 5.88. The van der Waals surface area contributed by atoms with E-state index in [4.69, 9.17) is 0 Å². The number of rotatable bonds is 11. The lowest BCUT2D eigenvalue weighted by molar-refractivity contribution is -0.166. The molecule has 4 aromatic rings. The van der Waals surface area contributed by atoms with Crippen LogP contribution in [-0.4, -0.2) is 63.1 Å². The molecule has 0 saturated heterocycles. The van der Waals surface area contributed by atoms with E-state index in [1.807, 2.05) is 55.5 Å². The molecule has 1 amide bonds. The van der Waals surface area contributed by atoms with Gasteiger partial charge in [0.05, 0.1) is 0 Å². The number of benzene rings is 2. The molecular formula is C25H29N9O3. The number of aromatic nitrogens is 8. The van der Waals surface area contributed by atoms with Crippen LogP contribution in [0.4, 0.5) is 0 Å². The maximum atomic E-state index is 13.5. The van der Waals surface area contributed by atoms with Crippen molar-refractivity contribution in [2.75, 3.05) is 0 Å². The molecule has 0 saturated carbocycles. The molecule has 2 aromatic carbocycles. The summed E-state index contributed by atoms with van der Waals surface area (Å²) in [6.07, 6.45) is 1.66. The van der Waals surface area contributed by atoms with Gasteiger partial charge in [-0.2, -0.15) is 10.4 Å². The average Bonchev–Trinajstić information content (AvgIpc) is 3.62. The molecule has 0 bridgehead atoms. The van der Waals surface area contributed by atoms with Gasteiger partial charge in [-0.15, -0.1) is 20.4 Å². The molecular weight excluding hydrogens is 474 g/mol. The second-order valence-electron chi connectivity index (χ2n) is 9.02. The maximum Gasteiger partial charge on any atom is 0.338 e. The van der Waals surface area contributed by atoms with Gasteiger partial charge in [0.15, 0.2) is 0 Å². The molecule has 0 spiro atoms. The summed E-state index contributed by atoms with van der Waals surface area (Å²) in [4.78, 5) is 27.7. The first-order valence-electron chi connectivity index (χ1n) is 12.1. The van der Waals surface area contributed by atoms with E-state index in [-0.39, 0.29) is 24.7 Å². The zero-order valence-corrected chi connectivity index (χ0v) is 20.9. The van der Waals surface area contributed by atoms with Gasteiger partial charge < -0.3 is 10.0 Å². The summed E-state index contributed by atoms with van der Waals surface area (Å²) in [6, 6.07) is 15.3. The summed E-state index contributed by atoms with van der Waals surface area (Å²) < 4.78 is 0. The fourth-order valence-corrected chi connectivity index (χ4v) is 4.52. The minimum atomic E-state index is -1.79. The second kappa shape index (κ2) is 11.1. The van der Waals surface area contributed by atoms with Gasteiger partial charge in [0.2, 0.25) is 23.1 Å². The molecule has 3 N–H and O–H groups in total. The monoisotopic (exact) mass is 503 g/mol. The maximum absolute atomic E-state index is 13.5. The molecule has 37 heavy (non-hydrogen) atoms. The number of tetrazole rings is 2. The van der Waals surface area contributed by atoms with Crippen LogP contribution in [0.15, 0.2) is 48.5 Å². The van der Waals surface area contributed by atoms with E-state index in [2.05, 4.69) is 41.2 Å². The van der Waals surface area contributed by atoms with Crippen molar-refractivity contribution in [3.63, 3.8) is 0 Å². The Kier molecular flexibility index (Phi) is 7.66. The minimum Gasteiger partial charge on any atom is -0.479 e. The van der Waals surface area contributed by atoms with E-state index in [1.165, 1.54) is 4.90 Å². The number of nitrogens with one attached hydrogen (secondary N) is 2. The van der Waals surface area contributed by atoms with Gasteiger partial charge in [0, 0.05) is 18.5 Å². The lowest BCUT2D eigenvalue weighted by atomic mass is 9.82. The third kappa shape index (κ3) is 4.95. The van der Waals surface area contributed by atoms with Gasteiger partial charge in [-0.1, -0.05) is 80.9 Å². The number of carboxylic acids is 1. The topological polar surface area (TPSA) is 167 Å². The summed E-state index contributed by atoms with van der Waals surface area (Å²) in [5.41, 5.74) is 1.63. The van der Waals surface area contributed by atoms with Crippen molar-refractivity contribution in [1.82, 2.24) is 46.1 Å². The molecule has 0 fully saturated rings. The van der Waals surface area contributed by atoms with Crippen molar-refractivity contribution < 1.29 is 14.7 Å². The van der Waals surface area contributed by atoms with Gasteiger partial charge in [-0.25, -0.2) is 4.79 Å². The summed E-state index contributed by atoms with van der Waals surface area (Å²) in [7, 11) is 0. The number of H-pyrrole nitrogens is 2. The number of unbranched alkanes of at least 4 members (excludes halogenated alkanes) is 1. The third-order valence-corrected chi connectivity index (χ3v) is 6.44. The number of aromatic amines is 2. The normalized spacial score (nSPS) is 12.9. The van der Waals surface area contributed by atoms with E-state index < -0.39 is 17.4 Å². The van der Waals surface area contributed by atoms with Crippen LogP contribution in [0.1, 0.15) is 51.4 Å². The van der Waals surface area contributed by atoms with Crippen LogP contribution in [0.2, 0.25) is 0 Å². The van der Waals surface area contributed by atoms with Crippen LogP contribution in [0.25, 0.3) is 22.5 Å². The Morgan fingerprint density at radius 3 is 2.22 bits per heavy atom. The van der Waals surface area contributed by atoms with Gasteiger partial charge in [0.1, 0.15) is 0 Å². The van der Waals surface area contributed by atoms with E-state index in [0.29, 0.717) is 12.2 Å². The molecule has 2 heterocycles. The van der Waals surface area contributed by atoms with Crippen molar-refractivity contribution in [2.24, 2.45) is 5.92 Å². The number of carbonyl (C=O) groups excluding carboxylic acids is 1. The number of carboxylic acid groups (broad SMARTS) is 1. The molecule has 2 aromatic heterocycles. The summed E-state index contributed by atoms with van der Waals surface area (Å²) in [5, 5.41) is 38.7. The summed E-state index contributed by atoms with van der Waals surface area (Å²) in [5.74, 6) is -1.59. The van der Waals surface area contributed by atoms with E-state index in [0.717, 1.165) is 28.7 Å². The molecule has 12 heteroatoms. The molecule has 0 unspecified atom stereocenters. The van der Waals surface area contributed by atoms with Crippen molar-refractivity contribution in [1.29, 1.82) is 0 Å². The molecule has 192 valence electrons. The van der Waals surface area contributed by atoms with Gasteiger partial charge in [-0.3, -0.25) is 4.79 Å². The lowest BCUT2D eigenvalue weighted by Gasteiger charge is -2.41. The standard InChI is InChI=1S/C25H29N9O3/c1-4-5-10-21(35)34(25(16(2)3,24(36)37)23-28-32-33-29-23)15-17-11-13-18(14-12-17)19-8-6-7-9-20(19)22-26-30-31-27-22/h6-9,11-14,16H,4-5,10,15H2,1-3H3,(H,36,37)(H,26,27,30,31)(H,28,29,32,33)/t25-/m0/s1. The second-order valence-corrected chi connectivity index (χ2v) is 9.02. The Balaban J connectivity index is 1.72.